The fraction of sp³-hybridized carbons (Fsp3) is 0.154. The zero-order valence-electron chi connectivity index (χ0n) is 17.8. The predicted molar refractivity (Wildman–Crippen MR) is 137 cm³/mol. The molecule has 8 heteroatoms. The van der Waals surface area contributed by atoms with Crippen LogP contribution in [0.15, 0.2) is 82.1 Å². The van der Waals surface area contributed by atoms with Crippen molar-refractivity contribution >= 4 is 46.1 Å². The molecule has 2 aliphatic rings. The molecule has 0 saturated heterocycles. The number of aromatic nitrogens is 2. The van der Waals surface area contributed by atoms with Crippen molar-refractivity contribution < 1.29 is 4.79 Å². The minimum absolute atomic E-state index is 0.0284. The number of Topliss-reactive ketones (excluding diaryl/α,β-unsaturated/α-hetero) is 1. The molecule has 170 valence electrons. The normalized spacial score (nSPS) is 19.5. The maximum absolute atomic E-state index is 13.7. The van der Waals surface area contributed by atoms with Gasteiger partial charge < -0.3 is 5.32 Å². The minimum Gasteiger partial charge on any atom is -0.343 e. The number of hydrogen-bond acceptors (Lipinski definition) is 4. The Kier molecular flexibility index (Phi) is 5.25. The van der Waals surface area contributed by atoms with Crippen LogP contribution in [0.4, 0.5) is 5.82 Å². The molecule has 6 rings (SSSR count). The fourth-order valence-electron chi connectivity index (χ4n) is 5.02. The van der Waals surface area contributed by atoms with Gasteiger partial charge in [0, 0.05) is 44.4 Å². The minimum atomic E-state index is -0.582. The van der Waals surface area contributed by atoms with E-state index in [1.165, 1.54) is 9.56 Å². The summed E-state index contributed by atoms with van der Waals surface area (Å²) in [5.74, 6) is 0.134. The van der Waals surface area contributed by atoms with Crippen molar-refractivity contribution in [3.63, 3.8) is 0 Å². The first-order valence-corrected chi connectivity index (χ1v) is 12.6. The first-order chi connectivity index (χ1) is 16.5. The Balaban J connectivity index is 1.55. The number of nitrogens with one attached hydrogen (secondary N) is 2. The molecule has 1 aliphatic carbocycles. The molecule has 0 saturated carbocycles. The summed E-state index contributed by atoms with van der Waals surface area (Å²) in [5.41, 5.74) is 3.12. The van der Waals surface area contributed by atoms with Gasteiger partial charge in [-0.15, -0.1) is 11.3 Å². The number of H-pyrrole nitrogens is 1. The van der Waals surface area contributed by atoms with Gasteiger partial charge in [-0.3, -0.25) is 14.7 Å². The number of thiophene rings is 1. The zero-order chi connectivity index (χ0) is 23.4. The molecule has 0 spiro atoms. The van der Waals surface area contributed by atoms with E-state index in [0.717, 1.165) is 5.70 Å². The van der Waals surface area contributed by atoms with Crippen LogP contribution >= 0.6 is 34.5 Å². The third kappa shape index (κ3) is 3.45. The van der Waals surface area contributed by atoms with Crippen LogP contribution in [0.3, 0.4) is 0 Å². The second kappa shape index (κ2) is 8.31. The molecule has 0 amide bonds. The van der Waals surface area contributed by atoms with Crippen molar-refractivity contribution in [1.82, 2.24) is 9.78 Å². The third-order valence-corrected chi connectivity index (χ3v) is 8.12. The van der Waals surface area contributed by atoms with Crippen LogP contribution in [0.25, 0.3) is 5.69 Å². The highest BCUT2D eigenvalue weighted by atomic mass is 35.5. The van der Waals surface area contributed by atoms with Crippen LogP contribution in [0, 0.1) is 0 Å². The van der Waals surface area contributed by atoms with Crippen molar-refractivity contribution in [2.24, 2.45) is 0 Å². The number of carbonyl (C=O) groups excluding carboxylic acids is 1. The Morgan fingerprint density at radius 2 is 1.79 bits per heavy atom. The van der Waals surface area contributed by atoms with E-state index in [-0.39, 0.29) is 17.3 Å². The number of benzene rings is 2. The van der Waals surface area contributed by atoms with Gasteiger partial charge in [0.15, 0.2) is 5.78 Å². The Labute approximate surface area is 209 Å². The molecular weight excluding hydrogens is 489 g/mol. The summed E-state index contributed by atoms with van der Waals surface area (Å²) in [6, 6.07) is 18.7. The number of hydrogen-bond donors (Lipinski definition) is 2. The SMILES string of the molecule is O=C1CC(c2cccs2)CC2=C1C(c1ccc(Cl)cc1Cl)c1c([nH]n(-c3ccccc3)c1=O)N2. The van der Waals surface area contributed by atoms with E-state index in [2.05, 4.69) is 16.5 Å². The highest BCUT2D eigenvalue weighted by Gasteiger charge is 2.42. The third-order valence-electron chi connectivity index (χ3n) is 6.52. The maximum Gasteiger partial charge on any atom is 0.277 e. The number of anilines is 1. The van der Waals surface area contributed by atoms with Gasteiger partial charge in [0.25, 0.3) is 5.56 Å². The molecule has 2 unspecified atom stereocenters. The predicted octanol–water partition coefficient (Wildman–Crippen LogP) is 6.49. The number of rotatable bonds is 3. The smallest absolute Gasteiger partial charge is 0.277 e. The summed E-state index contributed by atoms with van der Waals surface area (Å²) in [4.78, 5) is 28.5. The number of nitrogens with zero attached hydrogens (tertiary/aromatic N) is 1. The van der Waals surface area contributed by atoms with Crippen molar-refractivity contribution in [2.45, 2.75) is 24.7 Å². The number of allylic oxidation sites excluding steroid dienone is 2. The summed E-state index contributed by atoms with van der Waals surface area (Å²) >= 11 is 14.5. The summed E-state index contributed by atoms with van der Waals surface area (Å²) in [6.45, 7) is 0. The molecule has 3 heterocycles. The molecule has 0 radical (unpaired) electrons. The number of halogens is 2. The lowest BCUT2D eigenvalue weighted by atomic mass is 9.74. The quantitative estimate of drug-likeness (QED) is 0.332. The molecule has 2 aromatic heterocycles. The van der Waals surface area contributed by atoms with Crippen LogP contribution in [0.5, 0.6) is 0 Å². The number of para-hydroxylation sites is 1. The highest BCUT2D eigenvalue weighted by Crippen LogP contribution is 2.48. The summed E-state index contributed by atoms with van der Waals surface area (Å²) in [7, 11) is 0. The number of carbonyl (C=O) groups is 1. The average molecular weight is 508 g/mol. The summed E-state index contributed by atoms with van der Waals surface area (Å²) < 4.78 is 1.51. The molecule has 0 fully saturated rings. The van der Waals surface area contributed by atoms with Crippen LogP contribution in [-0.4, -0.2) is 15.6 Å². The van der Waals surface area contributed by atoms with Crippen LogP contribution < -0.4 is 10.9 Å². The van der Waals surface area contributed by atoms with Gasteiger partial charge >= 0.3 is 0 Å². The van der Waals surface area contributed by atoms with E-state index < -0.39 is 5.92 Å². The highest BCUT2D eigenvalue weighted by molar-refractivity contribution is 7.10. The van der Waals surface area contributed by atoms with E-state index >= 15 is 0 Å². The van der Waals surface area contributed by atoms with Gasteiger partial charge in [-0.05, 0) is 47.7 Å². The van der Waals surface area contributed by atoms with Crippen LogP contribution in [-0.2, 0) is 4.79 Å². The largest absolute Gasteiger partial charge is 0.343 e. The summed E-state index contributed by atoms with van der Waals surface area (Å²) in [6.07, 6.45) is 1.08. The van der Waals surface area contributed by atoms with Gasteiger partial charge in [0.1, 0.15) is 5.82 Å². The van der Waals surface area contributed by atoms with Crippen LogP contribution in [0.2, 0.25) is 10.0 Å². The van der Waals surface area contributed by atoms with E-state index in [1.54, 1.807) is 23.5 Å². The molecule has 4 aromatic rings. The average Bonchev–Trinajstić information content (AvgIpc) is 3.47. The van der Waals surface area contributed by atoms with Gasteiger partial charge in [0.05, 0.1) is 11.3 Å². The molecule has 5 nitrogen and oxygen atoms in total. The fourth-order valence-corrected chi connectivity index (χ4v) is 6.37. The molecule has 34 heavy (non-hydrogen) atoms. The van der Waals surface area contributed by atoms with Crippen molar-refractivity contribution in [3.05, 3.63) is 114 Å². The van der Waals surface area contributed by atoms with Gasteiger partial charge in [-0.25, -0.2) is 4.68 Å². The van der Waals surface area contributed by atoms with Crippen molar-refractivity contribution in [3.8, 4) is 5.69 Å². The Morgan fingerprint density at radius 1 is 0.971 bits per heavy atom. The summed E-state index contributed by atoms with van der Waals surface area (Å²) in [5, 5.41) is 9.59. The topological polar surface area (TPSA) is 66.9 Å². The first-order valence-electron chi connectivity index (χ1n) is 10.9. The molecule has 2 atom stereocenters. The van der Waals surface area contributed by atoms with E-state index in [9.17, 15) is 9.59 Å². The lowest BCUT2D eigenvalue weighted by Crippen LogP contribution is -2.32. The van der Waals surface area contributed by atoms with E-state index in [0.29, 0.717) is 51.1 Å². The number of fused-ring (bicyclic) bond motifs is 1. The standard InChI is InChI=1S/C26H19Cl2N3O2S/c27-15-8-9-17(18(28)13-15)22-23-19(11-14(12-20(23)32)21-7-4-10-34-21)29-25-24(22)26(33)31(30-25)16-5-2-1-3-6-16/h1-10,13-14,22,29-30H,11-12H2. The second-order valence-corrected chi connectivity index (χ2v) is 10.4. The zero-order valence-corrected chi connectivity index (χ0v) is 20.2. The molecular formula is C26H19Cl2N3O2S. The maximum atomic E-state index is 13.7. The lowest BCUT2D eigenvalue weighted by molar-refractivity contribution is -0.116. The molecule has 1 aliphatic heterocycles. The van der Waals surface area contributed by atoms with Crippen molar-refractivity contribution in [2.75, 3.05) is 5.32 Å². The first kappa shape index (κ1) is 21.5. The van der Waals surface area contributed by atoms with E-state index in [4.69, 9.17) is 23.2 Å². The Morgan fingerprint density at radius 3 is 2.53 bits per heavy atom. The van der Waals surface area contributed by atoms with Gasteiger partial charge in [-0.1, -0.05) is 53.5 Å². The molecule has 2 N–H and O–H groups in total. The number of ketones is 1. The van der Waals surface area contributed by atoms with E-state index in [1.807, 2.05) is 47.8 Å². The monoisotopic (exact) mass is 507 g/mol. The Bertz CT molecular complexity index is 1500. The van der Waals surface area contributed by atoms with Crippen LogP contribution in [0.1, 0.15) is 40.7 Å². The second-order valence-electron chi connectivity index (χ2n) is 8.54. The van der Waals surface area contributed by atoms with Gasteiger partial charge in [-0.2, -0.15) is 0 Å². The molecule has 2 aromatic carbocycles. The molecule has 0 bridgehead atoms. The number of aromatic amines is 1. The van der Waals surface area contributed by atoms with Gasteiger partial charge in [0.2, 0.25) is 0 Å². The lowest BCUT2D eigenvalue weighted by Gasteiger charge is -2.34. The van der Waals surface area contributed by atoms with Crippen molar-refractivity contribution in [1.29, 1.82) is 0 Å². The Hall–Kier alpha value is -3.06.